The number of nitrogens with one attached hydrogen (secondary N) is 1. The molecule has 0 aromatic heterocycles. The predicted octanol–water partition coefficient (Wildman–Crippen LogP) is 8.03. The average molecular weight is 748 g/mol. The average Bonchev–Trinajstić information content (AvgIpc) is 3.21. The molecule has 4 rings (SSSR count). The molecule has 1 aliphatic rings. The summed E-state index contributed by atoms with van der Waals surface area (Å²) in [5.41, 5.74) is 3.03. The minimum Gasteiger partial charge on any atom is -0.394 e. The molecular weight excluding hydrogens is 679 g/mol. The van der Waals surface area contributed by atoms with E-state index in [-0.39, 0.29) is 13.2 Å². The molecule has 0 bridgehead atoms. The quantitative estimate of drug-likeness (QED) is 0.0474. The molecule has 54 heavy (non-hydrogen) atoms. The molecule has 0 radical (unpaired) electrons. The standard InChI is InChI=1S/C46H69NO7/c1-2-3-4-5-6-7-8-9-10-11-12-22-29-40(49)43(50)39(47-32-36-23-16-13-17-24-36)30-31-41-45(52-34-37-25-18-14-19-26-37)46(44(51)42(33-48)54-41)53-35-38-27-20-15-21-28-38/h13-21,23-28,39-51H,2-12,22,29-35H2,1H3/t39-,40-,41+,42?,43-,44-,45?,46+/m0/s1. The van der Waals surface area contributed by atoms with Crippen LogP contribution >= 0.6 is 0 Å². The fraction of sp³-hybridized carbons (Fsp3) is 0.609. The van der Waals surface area contributed by atoms with Crippen molar-refractivity contribution < 1.29 is 34.6 Å². The third kappa shape index (κ3) is 15.8. The first-order valence-corrected chi connectivity index (χ1v) is 20.9. The van der Waals surface area contributed by atoms with E-state index in [0.717, 1.165) is 36.0 Å². The maximum absolute atomic E-state index is 11.6. The van der Waals surface area contributed by atoms with Crippen molar-refractivity contribution in [3.05, 3.63) is 108 Å². The molecule has 1 aliphatic heterocycles. The van der Waals surface area contributed by atoms with E-state index in [1.165, 1.54) is 57.8 Å². The van der Waals surface area contributed by atoms with E-state index in [9.17, 15) is 20.4 Å². The molecule has 0 amide bonds. The van der Waals surface area contributed by atoms with Crippen LogP contribution < -0.4 is 5.32 Å². The van der Waals surface area contributed by atoms with Gasteiger partial charge in [0.1, 0.15) is 24.4 Å². The molecule has 8 atom stereocenters. The number of hydrogen-bond donors (Lipinski definition) is 5. The third-order valence-electron chi connectivity index (χ3n) is 10.8. The van der Waals surface area contributed by atoms with Crippen LogP contribution in [-0.4, -0.2) is 75.8 Å². The molecule has 5 N–H and O–H groups in total. The Morgan fingerprint density at radius 3 is 1.61 bits per heavy atom. The summed E-state index contributed by atoms with van der Waals surface area (Å²) in [4.78, 5) is 0. The van der Waals surface area contributed by atoms with Gasteiger partial charge in [-0.3, -0.25) is 0 Å². The van der Waals surface area contributed by atoms with E-state index in [1.54, 1.807) is 0 Å². The molecule has 0 saturated carbocycles. The molecule has 8 nitrogen and oxygen atoms in total. The molecule has 1 heterocycles. The summed E-state index contributed by atoms with van der Waals surface area (Å²) in [5.74, 6) is 0. The highest BCUT2D eigenvalue weighted by molar-refractivity contribution is 5.16. The van der Waals surface area contributed by atoms with Crippen molar-refractivity contribution in [3.63, 3.8) is 0 Å². The van der Waals surface area contributed by atoms with Crippen molar-refractivity contribution in [1.29, 1.82) is 0 Å². The van der Waals surface area contributed by atoms with E-state index >= 15 is 0 Å². The zero-order valence-electron chi connectivity index (χ0n) is 32.7. The van der Waals surface area contributed by atoms with Gasteiger partial charge in [-0.15, -0.1) is 0 Å². The third-order valence-corrected chi connectivity index (χ3v) is 10.8. The first-order chi connectivity index (χ1) is 26.5. The summed E-state index contributed by atoms with van der Waals surface area (Å²) in [6.45, 7) is 2.99. The fourth-order valence-electron chi connectivity index (χ4n) is 7.53. The van der Waals surface area contributed by atoms with Crippen molar-refractivity contribution >= 4 is 0 Å². The first kappa shape index (κ1) is 44.1. The zero-order valence-corrected chi connectivity index (χ0v) is 32.7. The number of benzene rings is 3. The van der Waals surface area contributed by atoms with Gasteiger partial charge in [-0.25, -0.2) is 0 Å². The van der Waals surface area contributed by atoms with Crippen LogP contribution in [0.2, 0.25) is 0 Å². The summed E-state index contributed by atoms with van der Waals surface area (Å²) in [6, 6.07) is 29.2. The minimum atomic E-state index is -1.11. The predicted molar refractivity (Wildman–Crippen MR) is 216 cm³/mol. The van der Waals surface area contributed by atoms with Crippen molar-refractivity contribution in [2.75, 3.05) is 6.61 Å². The Labute approximate surface area is 325 Å². The summed E-state index contributed by atoms with van der Waals surface area (Å²) in [6.07, 6.45) is 10.6. The molecule has 8 heteroatoms. The molecule has 2 unspecified atom stereocenters. The van der Waals surface area contributed by atoms with Gasteiger partial charge >= 0.3 is 0 Å². The van der Waals surface area contributed by atoms with Crippen LogP contribution in [0, 0.1) is 0 Å². The number of unbranched alkanes of at least 4 members (excludes halogenated alkanes) is 11. The van der Waals surface area contributed by atoms with E-state index in [1.807, 2.05) is 91.0 Å². The van der Waals surface area contributed by atoms with E-state index in [0.29, 0.717) is 32.4 Å². The van der Waals surface area contributed by atoms with Gasteiger partial charge in [0, 0.05) is 12.6 Å². The maximum Gasteiger partial charge on any atom is 0.115 e. The van der Waals surface area contributed by atoms with Gasteiger partial charge in [0.05, 0.1) is 38.1 Å². The normalized spacial score (nSPS) is 21.8. The highest BCUT2D eigenvalue weighted by atomic mass is 16.6. The van der Waals surface area contributed by atoms with Crippen LogP contribution in [-0.2, 0) is 34.0 Å². The van der Waals surface area contributed by atoms with Gasteiger partial charge in [0.25, 0.3) is 0 Å². The first-order valence-electron chi connectivity index (χ1n) is 20.9. The second-order valence-corrected chi connectivity index (χ2v) is 15.2. The molecule has 1 fully saturated rings. The van der Waals surface area contributed by atoms with Gasteiger partial charge in [-0.1, -0.05) is 175 Å². The van der Waals surface area contributed by atoms with Crippen LogP contribution in [0.3, 0.4) is 0 Å². The number of hydrogen-bond acceptors (Lipinski definition) is 8. The van der Waals surface area contributed by atoms with Crippen LogP contribution in [0.25, 0.3) is 0 Å². The second kappa shape index (κ2) is 26.2. The monoisotopic (exact) mass is 748 g/mol. The smallest absolute Gasteiger partial charge is 0.115 e. The van der Waals surface area contributed by atoms with Crippen molar-refractivity contribution in [2.45, 2.75) is 172 Å². The van der Waals surface area contributed by atoms with E-state index in [4.69, 9.17) is 14.2 Å². The Morgan fingerprint density at radius 2 is 1.09 bits per heavy atom. The molecule has 1 saturated heterocycles. The lowest BCUT2D eigenvalue weighted by atomic mass is 9.89. The Kier molecular flexibility index (Phi) is 21.4. The van der Waals surface area contributed by atoms with Gasteiger partial charge < -0.3 is 40.0 Å². The molecular formula is C46H69NO7. The van der Waals surface area contributed by atoms with Crippen LogP contribution in [0.15, 0.2) is 91.0 Å². The largest absolute Gasteiger partial charge is 0.394 e. The van der Waals surface area contributed by atoms with Crippen LogP contribution in [0.5, 0.6) is 0 Å². The number of aliphatic hydroxyl groups excluding tert-OH is 4. The molecule has 0 aliphatic carbocycles. The lowest BCUT2D eigenvalue weighted by Crippen LogP contribution is -2.60. The van der Waals surface area contributed by atoms with Crippen molar-refractivity contribution in [2.24, 2.45) is 0 Å². The minimum absolute atomic E-state index is 0.268. The van der Waals surface area contributed by atoms with E-state index < -0.39 is 48.8 Å². The summed E-state index contributed by atoms with van der Waals surface area (Å²) < 4.78 is 19.3. The van der Waals surface area contributed by atoms with Crippen LogP contribution in [0.1, 0.15) is 120 Å². The van der Waals surface area contributed by atoms with E-state index in [2.05, 4.69) is 12.2 Å². The fourth-order valence-corrected chi connectivity index (χ4v) is 7.53. The van der Waals surface area contributed by atoms with Crippen molar-refractivity contribution in [3.8, 4) is 0 Å². The molecule has 0 spiro atoms. The Balaban J connectivity index is 1.37. The zero-order chi connectivity index (χ0) is 38.2. The van der Waals surface area contributed by atoms with Gasteiger partial charge in [-0.05, 0) is 36.0 Å². The number of ether oxygens (including phenoxy) is 3. The molecule has 3 aromatic carbocycles. The van der Waals surface area contributed by atoms with Crippen molar-refractivity contribution in [1.82, 2.24) is 5.32 Å². The van der Waals surface area contributed by atoms with Gasteiger partial charge in [0.15, 0.2) is 0 Å². The highest BCUT2D eigenvalue weighted by Gasteiger charge is 2.46. The Morgan fingerprint density at radius 1 is 0.611 bits per heavy atom. The molecule has 300 valence electrons. The SMILES string of the molecule is CCCCCCCCCCCCCC[C@H](O)[C@@H](O)[C@H](CC[C@H]1OC(CO)[C@H](O)[C@@H](OCc2ccccc2)C1OCc1ccccc1)NCc1ccccc1. The number of rotatable bonds is 28. The van der Waals surface area contributed by atoms with Gasteiger partial charge in [0.2, 0.25) is 0 Å². The van der Waals surface area contributed by atoms with Gasteiger partial charge in [-0.2, -0.15) is 0 Å². The van der Waals surface area contributed by atoms with Crippen LogP contribution in [0.4, 0.5) is 0 Å². The summed E-state index contributed by atoms with van der Waals surface area (Å²) >= 11 is 0. The second-order valence-electron chi connectivity index (χ2n) is 15.2. The summed E-state index contributed by atoms with van der Waals surface area (Å²) in [7, 11) is 0. The lowest BCUT2D eigenvalue weighted by Gasteiger charge is -2.44. The molecule has 3 aromatic rings. The number of aliphatic hydroxyl groups is 4. The lowest BCUT2D eigenvalue weighted by molar-refractivity contribution is -0.259. The topological polar surface area (TPSA) is 121 Å². The summed E-state index contributed by atoms with van der Waals surface area (Å²) in [5, 5.41) is 48.0. The Hall–Kier alpha value is -2.66. The maximum atomic E-state index is 11.6. The highest BCUT2D eigenvalue weighted by Crippen LogP contribution is 2.31. The Bertz CT molecular complexity index is 1330.